The van der Waals surface area contributed by atoms with E-state index in [9.17, 15) is 9.59 Å². The normalized spacial score (nSPS) is 16.1. The molecule has 1 heterocycles. The standard InChI is InChI=1S/C25H21N3O2S/c29-23(27-21-14-8-3-9-15-21)16-22-24(30)28(18-20-12-6-2-7-13-20)25(31-22)26-17-19-10-4-1-5-11-19/h1-16H,17-18H2,(H,27,29)/b22-16+,26-25?. The third-order valence-electron chi connectivity index (χ3n) is 4.61. The third kappa shape index (κ3) is 5.49. The van der Waals surface area contributed by atoms with E-state index in [0.29, 0.717) is 28.8 Å². The summed E-state index contributed by atoms with van der Waals surface area (Å²) in [6, 6.07) is 28.8. The summed E-state index contributed by atoms with van der Waals surface area (Å²) in [4.78, 5) is 32.2. The van der Waals surface area contributed by atoms with Crippen molar-refractivity contribution in [3.63, 3.8) is 0 Å². The molecule has 0 radical (unpaired) electrons. The molecule has 1 N–H and O–H groups in total. The topological polar surface area (TPSA) is 61.8 Å². The number of carbonyl (C=O) groups excluding carboxylic acids is 2. The van der Waals surface area contributed by atoms with E-state index in [1.54, 1.807) is 17.0 Å². The summed E-state index contributed by atoms with van der Waals surface area (Å²) in [6.07, 6.45) is 1.35. The van der Waals surface area contributed by atoms with Gasteiger partial charge in [-0.1, -0.05) is 78.9 Å². The molecule has 1 fully saturated rings. The predicted molar refractivity (Wildman–Crippen MR) is 125 cm³/mol. The van der Waals surface area contributed by atoms with Gasteiger partial charge in [0.2, 0.25) is 5.91 Å². The fourth-order valence-corrected chi connectivity index (χ4v) is 4.04. The Morgan fingerprint density at radius 2 is 1.45 bits per heavy atom. The Balaban J connectivity index is 1.56. The highest BCUT2D eigenvalue weighted by atomic mass is 32.2. The second-order valence-corrected chi connectivity index (χ2v) is 7.94. The highest BCUT2D eigenvalue weighted by Gasteiger charge is 2.33. The second-order valence-electron chi connectivity index (χ2n) is 6.93. The first-order valence-corrected chi connectivity index (χ1v) is 10.7. The summed E-state index contributed by atoms with van der Waals surface area (Å²) >= 11 is 1.23. The lowest BCUT2D eigenvalue weighted by Crippen LogP contribution is -2.29. The number of rotatable bonds is 6. The van der Waals surface area contributed by atoms with Crippen LogP contribution in [0.5, 0.6) is 0 Å². The van der Waals surface area contributed by atoms with E-state index >= 15 is 0 Å². The van der Waals surface area contributed by atoms with Crippen LogP contribution in [0.3, 0.4) is 0 Å². The van der Waals surface area contributed by atoms with E-state index in [1.807, 2.05) is 78.9 Å². The first-order valence-electron chi connectivity index (χ1n) is 9.89. The number of amidine groups is 1. The van der Waals surface area contributed by atoms with E-state index in [2.05, 4.69) is 10.3 Å². The first kappa shape index (κ1) is 20.6. The molecule has 31 heavy (non-hydrogen) atoms. The number of carbonyl (C=O) groups is 2. The number of amides is 2. The Morgan fingerprint density at radius 3 is 2.10 bits per heavy atom. The van der Waals surface area contributed by atoms with Crippen LogP contribution in [-0.2, 0) is 22.7 Å². The van der Waals surface area contributed by atoms with Gasteiger partial charge in [-0.15, -0.1) is 0 Å². The summed E-state index contributed by atoms with van der Waals surface area (Å²) in [5, 5.41) is 3.38. The molecule has 4 rings (SSSR count). The smallest absolute Gasteiger partial charge is 0.267 e. The summed E-state index contributed by atoms with van der Waals surface area (Å²) in [5.74, 6) is -0.560. The van der Waals surface area contributed by atoms with Crippen molar-refractivity contribution in [2.45, 2.75) is 13.1 Å². The molecule has 0 bridgehead atoms. The van der Waals surface area contributed by atoms with Crippen molar-refractivity contribution in [2.75, 3.05) is 5.32 Å². The van der Waals surface area contributed by atoms with Gasteiger partial charge in [0.1, 0.15) is 0 Å². The lowest BCUT2D eigenvalue weighted by atomic mass is 10.2. The zero-order valence-corrected chi connectivity index (χ0v) is 17.6. The van der Waals surface area contributed by atoms with Crippen molar-refractivity contribution >= 4 is 34.4 Å². The predicted octanol–water partition coefficient (Wildman–Crippen LogP) is 4.84. The van der Waals surface area contributed by atoms with Crippen LogP contribution in [0.1, 0.15) is 11.1 Å². The molecule has 6 heteroatoms. The molecule has 1 aliphatic heterocycles. The van der Waals surface area contributed by atoms with Crippen LogP contribution < -0.4 is 5.32 Å². The molecule has 0 unspecified atom stereocenters. The van der Waals surface area contributed by atoms with Crippen LogP contribution in [0.4, 0.5) is 5.69 Å². The third-order valence-corrected chi connectivity index (χ3v) is 5.66. The SMILES string of the molecule is O=C(/C=C1/SC(=NCc2ccccc2)N(Cc2ccccc2)C1=O)Nc1ccccc1. The highest BCUT2D eigenvalue weighted by molar-refractivity contribution is 8.18. The Hall–Kier alpha value is -3.64. The van der Waals surface area contributed by atoms with Crippen LogP contribution in [0.25, 0.3) is 0 Å². The minimum atomic E-state index is -0.342. The number of hydrogen-bond donors (Lipinski definition) is 1. The molecule has 5 nitrogen and oxygen atoms in total. The summed E-state index contributed by atoms with van der Waals surface area (Å²) in [7, 11) is 0. The maximum Gasteiger partial charge on any atom is 0.267 e. The first-order chi connectivity index (χ1) is 15.2. The minimum absolute atomic E-state index is 0.219. The van der Waals surface area contributed by atoms with Crippen molar-refractivity contribution in [2.24, 2.45) is 4.99 Å². The molecule has 1 aliphatic rings. The molecule has 3 aromatic carbocycles. The minimum Gasteiger partial charge on any atom is -0.322 e. The number of anilines is 1. The molecule has 2 amide bonds. The van der Waals surface area contributed by atoms with Gasteiger partial charge in [-0.25, -0.2) is 0 Å². The van der Waals surface area contributed by atoms with Crippen LogP contribution in [-0.4, -0.2) is 21.9 Å². The molecule has 3 aromatic rings. The van der Waals surface area contributed by atoms with E-state index in [4.69, 9.17) is 0 Å². The van der Waals surface area contributed by atoms with E-state index in [-0.39, 0.29) is 11.8 Å². The number of aliphatic imine (C=N–C) groups is 1. The van der Waals surface area contributed by atoms with Crippen molar-refractivity contribution in [3.05, 3.63) is 113 Å². The molecule has 0 aliphatic carbocycles. The van der Waals surface area contributed by atoms with E-state index in [1.165, 1.54) is 17.8 Å². The zero-order valence-electron chi connectivity index (χ0n) is 16.8. The molecular weight excluding hydrogens is 406 g/mol. The second kappa shape index (κ2) is 9.91. The number of nitrogens with one attached hydrogen (secondary N) is 1. The average molecular weight is 428 g/mol. The fraction of sp³-hybridized carbons (Fsp3) is 0.0800. The molecule has 0 spiro atoms. The monoisotopic (exact) mass is 427 g/mol. The summed E-state index contributed by atoms with van der Waals surface area (Å²) < 4.78 is 0. The Kier molecular flexibility index (Phi) is 6.59. The maximum atomic E-state index is 13.1. The van der Waals surface area contributed by atoms with E-state index in [0.717, 1.165) is 11.1 Å². The van der Waals surface area contributed by atoms with Gasteiger partial charge in [-0.3, -0.25) is 19.5 Å². The van der Waals surface area contributed by atoms with Crippen molar-refractivity contribution in [3.8, 4) is 0 Å². The number of thioether (sulfide) groups is 1. The van der Waals surface area contributed by atoms with E-state index < -0.39 is 0 Å². The van der Waals surface area contributed by atoms with Gasteiger partial charge in [-0.2, -0.15) is 0 Å². The number of hydrogen-bond acceptors (Lipinski definition) is 4. The number of para-hydroxylation sites is 1. The lowest BCUT2D eigenvalue weighted by molar-refractivity contribution is -0.123. The van der Waals surface area contributed by atoms with Crippen LogP contribution in [0.2, 0.25) is 0 Å². The van der Waals surface area contributed by atoms with Crippen molar-refractivity contribution < 1.29 is 9.59 Å². The largest absolute Gasteiger partial charge is 0.322 e. The zero-order chi connectivity index (χ0) is 21.5. The van der Waals surface area contributed by atoms with Crippen molar-refractivity contribution in [1.29, 1.82) is 0 Å². The summed E-state index contributed by atoms with van der Waals surface area (Å²) in [6.45, 7) is 0.864. The average Bonchev–Trinajstić information content (AvgIpc) is 3.08. The van der Waals surface area contributed by atoms with Gasteiger partial charge in [0.25, 0.3) is 5.91 Å². The van der Waals surface area contributed by atoms with Gasteiger partial charge >= 0.3 is 0 Å². The highest BCUT2D eigenvalue weighted by Crippen LogP contribution is 2.32. The molecule has 154 valence electrons. The number of benzene rings is 3. The van der Waals surface area contributed by atoms with Gasteiger partial charge in [0.15, 0.2) is 5.17 Å². The Labute approximate surface area is 185 Å². The van der Waals surface area contributed by atoms with Gasteiger partial charge in [-0.05, 0) is 35.0 Å². The molecular formula is C25H21N3O2S. The molecule has 0 saturated carbocycles. The quantitative estimate of drug-likeness (QED) is 0.573. The number of nitrogens with zero attached hydrogens (tertiary/aromatic N) is 2. The van der Waals surface area contributed by atoms with Gasteiger partial charge in [0.05, 0.1) is 18.0 Å². The lowest BCUT2D eigenvalue weighted by Gasteiger charge is -2.15. The van der Waals surface area contributed by atoms with Crippen LogP contribution >= 0.6 is 11.8 Å². The molecule has 1 saturated heterocycles. The molecule has 0 atom stereocenters. The van der Waals surface area contributed by atoms with Crippen LogP contribution in [0.15, 0.2) is 107 Å². The molecule has 0 aromatic heterocycles. The van der Waals surface area contributed by atoms with Crippen LogP contribution in [0, 0.1) is 0 Å². The fourth-order valence-electron chi connectivity index (χ4n) is 3.09. The van der Waals surface area contributed by atoms with Gasteiger partial charge in [0, 0.05) is 11.8 Å². The maximum absolute atomic E-state index is 13.1. The van der Waals surface area contributed by atoms with Gasteiger partial charge < -0.3 is 5.32 Å². The summed E-state index contributed by atoms with van der Waals surface area (Å²) in [5.41, 5.74) is 2.74. The Bertz CT molecular complexity index is 1110. The van der Waals surface area contributed by atoms with Crippen molar-refractivity contribution in [1.82, 2.24) is 4.90 Å². The Morgan fingerprint density at radius 1 is 0.871 bits per heavy atom.